The molecular formula is C17H26N2O. The Bertz CT molecular complexity index is 470. The molecule has 1 aromatic rings. The molecule has 1 heterocycles. The number of para-hydroxylation sites is 1. The highest BCUT2D eigenvalue weighted by molar-refractivity contribution is 5.96. The Morgan fingerprint density at radius 3 is 2.75 bits per heavy atom. The van der Waals surface area contributed by atoms with Crippen molar-refractivity contribution in [2.75, 3.05) is 11.4 Å². The standard InChI is InChI=1S/C17H26N2O/c1-12(2)8-14(11-18)10-17(20)19-13(3)9-15-6-4-5-7-16(15)19/h4-7,12-14H,8-11,18H2,1-3H3/t13?,14-/m0/s1. The molecule has 20 heavy (non-hydrogen) atoms. The second kappa shape index (κ2) is 6.40. The second-order valence-electron chi connectivity index (χ2n) is 6.38. The van der Waals surface area contributed by atoms with E-state index in [1.165, 1.54) is 5.56 Å². The van der Waals surface area contributed by atoms with Crippen molar-refractivity contribution in [2.45, 2.75) is 46.1 Å². The van der Waals surface area contributed by atoms with E-state index in [1.54, 1.807) is 0 Å². The molecule has 110 valence electrons. The summed E-state index contributed by atoms with van der Waals surface area (Å²) in [5, 5.41) is 0. The summed E-state index contributed by atoms with van der Waals surface area (Å²) >= 11 is 0. The van der Waals surface area contributed by atoms with Gasteiger partial charge in [0.05, 0.1) is 0 Å². The lowest BCUT2D eigenvalue weighted by Crippen LogP contribution is -2.37. The largest absolute Gasteiger partial charge is 0.330 e. The van der Waals surface area contributed by atoms with E-state index in [-0.39, 0.29) is 11.9 Å². The summed E-state index contributed by atoms with van der Waals surface area (Å²) in [5.74, 6) is 1.10. The molecule has 1 aromatic carbocycles. The van der Waals surface area contributed by atoms with Gasteiger partial charge in [-0.05, 0) is 49.8 Å². The van der Waals surface area contributed by atoms with Gasteiger partial charge in [0.15, 0.2) is 0 Å². The smallest absolute Gasteiger partial charge is 0.227 e. The molecule has 0 fully saturated rings. The molecule has 2 N–H and O–H groups in total. The van der Waals surface area contributed by atoms with Crippen molar-refractivity contribution in [3.8, 4) is 0 Å². The highest BCUT2D eigenvalue weighted by Gasteiger charge is 2.31. The molecule has 0 saturated carbocycles. The van der Waals surface area contributed by atoms with E-state index in [2.05, 4.69) is 32.9 Å². The van der Waals surface area contributed by atoms with Gasteiger partial charge in [0.25, 0.3) is 0 Å². The average Bonchev–Trinajstić information content (AvgIpc) is 2.73. The first-order valence-electron chi connectivity index (χ1n) is 7.63. The fraction of sp³-hybridized carbons (Fsp3) is 0.588. The van der Waals surface area contributed by atoms with Crippen molar-refractivity contribution < 1.29 is 4.79 Å². The van der Waals surface area contributed by atoms with Gasteiger partial charge >= 0.3 is 0 Å². The third-order valence-electron chi connectivity index (χ3n) is 4.08. The molecule has 1 amide bonds. The van der Waals surface area contributed by atoms with Gasteiger partial charge in [-0.15, -0.1) is 0 Å². The first-order chi connectivity index (χ1) is 9.52. The zero-order valence-corrected chi connectivity index (χ0v) is 12.8. The topological polar surface area (TPSA) is 46.3 Å². The molecule has 2 atom stereocenters. The quantitative estimate of drug-likeness (QED) is 0.897. The molecule has 1 unspecified atom stereocenters. The Labute approximate surface area is 122 Å². The van der Waals surface area contributed by atoms with Gasteiger partial charge in [-0.3, -0.25) is 4.79 Å². The molecule has 0 aromatic heterocycles. The van der Waals surface area contributed by atoms with Gasteiger partial charge in [0.1, 0.15) is 0 Å². The van der Waals surface area contributed by atoms with Crippen LogP contribution in [0.5, 0.6) is 0 Å². The fourth-order valence-electron chi connectivity index (χ4n) is 3.22. The molecule has 1 aliphatic rings. The summed E-state index contributed by atoms with van der Waals surface area (Å²) in [7, 11) is 0. The lowest BCUT2D eigenvalue weighted by molar-refractivity contribution is -0.119. The minimum atomic E-state index is 0.221. The van der Waals surface area contributed by atoms with Gasteiger partial charge in [-0.1, -0.05) is 32.0 Å². The van der Waals surface area contributed by atoms with E-state index in [9.17, 15) is 4.79 Å². The molecule has 0 saturated heterocycles. The number of amides is 1. The minimum absolute atomic E-state index is 0.221. The first-order valence-corrected chi connectivity index (χ1v) is 7.63. The van der Waals surface area contributed by atoms with Crippen LogP contribution in [0.2, 0.25) is 0 Å². The van der Waals surface area contributed by atoms with E-state index in [4.69, 9.17) is 5.73 Å². The van der Waals surface area contributed by atoms with Crippen LogP contribution in [0, 0.1) is 11.8 Å². The normalized spacial score (nSPS) is 19.2. The maximum Gasteiger partial charge on any atom is 0.227 e. The molecule has 0 radical (unpaired) electrons. The number of carbonyl (C=O) groups is 1. The Balaban J connectivity index is 2.09. The van der Waals surface area contributed by atoms with E-state index in [0.29, 0.717) is 24.8 Å². The number of fused-ring (bicyclic) bond motifs is 1. The number of carbonyl (C=O) groups excluding carboxylic acids is 1. The predicted molar refractivity (Wildman–Crippen MR) is 83.7 cm³/mol. The summed E-state index contributed by atoms with van der Waals surface area (Å²) in [6.45, 7) is 7.08. The summed E-state index contributed by atoms with van der Waals surface area (Å²) in [6, 6.07) is 8.48. The molecule has 1 aliphatic heterocycles. The zero-order valence-electron chi connectivity index (χ0n) is 12.8. The summed E-state index contributed by atoms with van der Waals surface area (Å²) in [4.78, 5) is 14.6. The maximum absolute atomic E-state index is 12.6. The van der Waals surface area contributed by atoms with Crippen LogP contribution in [-0.4, -0.2) is 18.5 Å². The molecule has 3 heteroatoms. The number of nitrogens with zero attached hydrogens (tertiary/aromatic N) is 1. The van der Waals surface area contributed by atoms with Crippen molar-refractivity contribution in [1.82, 2.24) is 0 Å². The van der Waals surface area contributed by atoms with Crippen LogP contribution in [0.4, 0.5) is 5.69 Å². The number of benzene rings is 1. The lowest BCUT2D eigenvalue weighted by Gasteiger charge is -2.25. The van der Waals surface area contributed by atoms with Gasteiger partial charge in [0.2, 0.25) is 5.91 Å². The molecule has 0 spiro atoms. The molecule has 2 rings (SSSR count). The van der Waals surface area contributed by atoms with E-state index < -0.39 is 0 Å². The van der Waals surface area contributed by atoms with Gasteiger partial charge in [0, 0.05) is 18.2 Å². The van der Waals surface area contributed by atoms with Gasteiger partial charge in [-0.25, -0.2) is 0 Å². The van der Waals surface area contributed by atoms with Crippen LogP contribution < -0.4 is 10.6 Å². The van der Waals surface area contributed by atoms with E-state index in [1.807, 2.05) is 17.0 Å². The highest BCUT2D eigenvalue weighted by Crippen LogP contribution is 2.33. The first kappa shape index (κ1) is 15.0. The van der Waals surface area contributed by atoms with Crippen molar-refractivity contribution >= 4 is 11.6 Å². The number of rotatable bonds is 5. The third kappa shape index (κ3) is 3.21. The van der Waals surface area contributed by atoms with E-state index in [0.717, 1.165) is 18.5 Å². The lowest BCUT2D eigenvalue weighted by atomic mass is 9.93. The number of nitrogens with two attached hydrogens (primary N) is 1. The summed E-state index contributed by atoms with van der Waals surface area (Å²) in [5.41, 5.74) is 8.19. The molecule has 0 bridgehead atoms. The SMILES string of the molecule is CC(C)C[C@H](CN)CC(=O)N1c2ccccc2CC1C. The summed E-state index contributed by atoms with van der Waals surface area (Å²) in [6.07, 6.45) is 2.54. The van der Waals surface area contributed by atoms with Crippen molar-refractivity contribution in [1.29, 1.82) is 0 Å². The zero-order chi connectivity index (χ0) is 14.7. The fourth-order valence-corrected chi connectivity index (χ4v) is 3.22. The minimum Gasteiger partial charge on any atom is -0.330 e. The highest BCUT2D eigenvalue weighted by atomic mass is 16.2. The summed E-state index contributed by atoms with van der Waals surface area (Å²) < 4.78 is 0. The number of hydrogen-bond donors (Lipinski definition) is 1. The van der Waals surface area contributed by atoms with Crippen molar-refractivity contribution in [3.05, 3.63) is 29.8 Å². The van der Waals surface area contributed by atoms with Crippen LogP contribution in [0.1, 0.15) is 39.2 Å². The van der Waals surface area contributed by atoms with Gasteiger partial charge in [-0.2, -0.15) is 0 Å². The number of anilines is 1. The monoisotopic (exact) mass is 274 g/mol. The third-order valence-corrected chi connectivity index (χ3v) is 4.08. The predicted octanol–water partition coefficient (Wildman–Crippen LogP) is 2.98. The van der Waals surface area contributed by atoms with Crippen molar-refractivity contribution in [3.63, 3.8) is 0 Å². The van der Waals surface area contributed by atoms with Crippen LogP contribution in [-0.2, 0) is 11.2 Å². The van der Waals surface area contributed by atoms with E-state index >= 15 is 0 Å². The Kier molecular flexibility index (Phi) is 4.81. The van der Waals surface area contributed by atoms with Crippen LogP contribution in [0.25, 0.3) is 0 Å². The number of hydrogen-bond acceptors (Lipinski definition) is 2. The Morgan fingerprint density at radius 1 is 1.40 bits per heavy atom. The van der Waals surface area contributed by atoms with Gasteiger partial charge < -0.3 is 10.6 Å². The average molecular weight is 274 g/mol. The Morgan fingerprint density at radius 2 is 2.10 bits per heavy atom. The molecule has 0 aliphatic carbocycles. The van der Waals surface area contributed by atoms with Crippen molar-refractivity contribution in [2.24, 2.45) is 17.6 Å². The molecular weight excluding hydrogens is 248 g/mol. The second-order valence-corrected chi connectivity index (χ2v) is 6.38. The molecule has 3 nitrogen and oxygen atoms in total. The van der Waals surface area contributed by atoms with Crippen LogP contribution >= 0.6 is 0 Å². The Hall–Kier alpha value is -1.35. The van der Waals surface area contributed by atoms with Crippen LogP contribution in [0.3, 0.4) is 0 Å². The van der Waals surface area contributed by atoms with Crippen LogP contribution in [0.15, 0.2) is 24.3 Å². The maximum atomic E-state index is 12.6.